The molecule has 0 bridgehead atoms. The summed E-state index contributed by atoms with van der Waals surface area (Å²) in [6.07, 6.45) is 9.78. The highest BCUT2D eigenvalue weighted by molar-refractivity contribution is 6.30. The minimum absolute atomic E-state index is 0.655. The molecule has 0 radical (unpaired) electrons. The van der Waals surface area contributed by atoms with Crippen molar-refractivity contribution in [1.29, 1.82) is 0 Å². The number of pyridine rings is 1. The molecule has 3 nitrogen and oxygen atoms in total. The summed E-state index contributed by atoms with van der Waals surface area (Å²) in [5.41, 5.74) is 11.6. The Balaban J connectivity index is 2.06. The molecule has 2 aromatic rings. The van der Waals surface area contributed by atoms with Crippen LogP contribution >= 0.6 is 11.6 Å². The predicted octanol–water partition coefficient (Wildman–Crippen LogP) is 5.57. The Labute approximate surface area is 161 Å². The third-order valence-corrected chi connectivity index (χ3v) is 4.67. The summed E-state index contributed by atoms with van der Waals surface area (Å²) in [7, 11) is 1.66. The second-order valence-electron chi connectivity index (χ2n) is 6.23. The van der Waals surface area contributed by atoms with E-state index < -0.39 is 0 Å². The number of nitrogen functional groups attached to an aromatic ring is 1. The van der Waals surface area contributed by atoms with Crippen LogP contribution in [0.3, 0.4) is 0 Å². The number of methoxy groups -OCH3 is 1. The summed E-state index contributed by atoms with van der Waals surface area (Å²) < 4.78 is 5.46. The number of hydrogen-bond donors (Lipinski definition) is 1. The number of hydrogen-bond acceptors (Lipinski definition) is 3. The fourth-order valence-corrected chi connectivity index (χ4v) is 3.41. The molecule has 0 saturated carbocycles. The summed E-state index contributed by atoms with van der Waals surface area (Å²) in [4.78, 5) is 4.36. The molecule has 0 fully saturated rings. The van der Waals surface area contributed by atoms with E-state index in [0.717, 1.165) is 53.8 Å². The van der Waals surface area contributed by atoms with E-state index in [-0.39, 0.29) is 0 Å². The molecular formula is C22H27ClN2O. The topological polar surface area (TPSA) is 48.1 Å². The van der Waals surface area contributed by atoms with E-state index in [1.807, 2.05) is 25.1 Å². The lowest BCUT2D eigenvalue weighted by molar-refractivity contribution is 0.410. The maximum absolute atomic E-state index is 6.12. The Morgan fingerprint density at radius 2 is 2.00 bits per heavy atom. The molecule has 26 heavy (non-hydrogen) atoms. The second-order valence-corrected chi connectivity index (χ2v) is 6.67. The highest BCUT2D eigenvalue weighted by Crippen LogP contribution is 2.29. The molecule has 138 valence electrons. The normalized spacial score (nSPS) is 11.1. The number of halogens is 1. The van der Waals surface area contributed by atoms with Crippen LogP contribution < -0.4 is 10.5 Å². The molecule has 0 aliphatic carbocycles. The van der Waals surface area contributed by atoms with Crippen molar-refractivity contribution in [3.63, 3.8) is 0 Å². The minimum atomic E-state index is 0.655. The molecule has 2 N–H and O–H groups in total. The number of anilines is 1. The van der Waals surface area contributed by atoms with E-state index in [1.54, 1.807) is 7.11 Å². The van der Waals surface area contributed by atoms with Crippen molar-refractivity contribution >= 4 is 23.5 Å². The molecule has 0 aliphatic heterocycles. The van der Waals surface area contributed by atoms with Crippen molar-refractivity contribution in [3.8, 4) is 5.75 Å². The molecule has 1 aromatic heterocycles. The van der Waals surface area contributed by atoms with Gasteiger partial charge in [0, 0.05) is 16.3 Å². The molecule has 0 unspecified atom stereocenters. The van der Waals surface area contributed by atoms with Gasteiger partial charge in [-0.05, 0) is 67.5 Å². The highest BCUT2D eigenvalue weighted by atomic mass is 35.5. The molecular weight excluding hydrogens is 344 g/mol. The first-order chi connectivity index (χ1) is 12.5. The average molecular weight is 371 g/mol. The number of allylic oxidation sites excluding steroid dienone is 2. The van der Waals surface area contributed by atoms with Crippen molar-refractivity contribution < 1.29 is 4.74 Å². The van der Waals surface area contributed by atoms with E-state index in [4.69, 9.17) is 22.1 Å². The number of aryl methyl sites for hydroxylation is 2. The first-order valence-electron chi connectivity index (χ1n) is 8.88. The van der Waals surface area contributed by atoms with Crippen molar-refractivity contribution in [2.24, 2.45) is 0 Å². The van der Waals surface area contributed by atoms with E-state index in [0.29, 0.717) is 10.8 Å². The van der Waals surface area contributed by atoms with Crippen LogP contribution in [0, 0.1) is 6.92 Å². The van der Waals surface area contributed by atoms with Crippen molar-refractivity contribution in [3.05, 3.63) is 69.9 Å². The van der Waals surface area contributed by atoms with Gasteiger partial charge in [-0.25, -0.2) is 4.98 Å². The van der Waals surface area contributed by atoms with Crippen molar-refractivity contribution in [2.75, 3.05) is 12.8 Å². The Hall–Kier alpha value is -2.26. The fraction of sp³-hybridized carbons (Fsp3) is 0.318. The number of rotatable bonds is 8. The van der Waals surface area contributed by atoms with Crippen molar-refractivity contribution in [2.45, 2.75) is 39.5 Å². The van der Waals surface area contributed by atoms with Gasteiger partial charge in [0.05, 0.1) is 7.11 Å². The van der Waals surface area contributed by atoms with Gasteiger partial charge in [0.1, 0.15) is 11.6 Å². The average Bonchev–Trinajstić information content (AvgIpc) is 2.61. The number of aromatic nitrogens is 1. The van der Waals surface area contributed by atoms with E-state index >= 15 is 0 Å². The molecule has 4 heteroatoms. The van der Waals surface area contributed by atoms with Gasteiger partial charge in [-0.2, -0.15) is 0 Å². The predicted molar refractivity (Wildman–Crippen MR) is 112 cm³/mol. The molecule has 0 aliphatic rings. The SMILES string of the molecule is C=Cc1cc(Cl)cc(OC)c1C/C=C/CCc1cc(C)nc(N)c1CC. The first-order valence-corrected chi connectivity index (χ1v) is 9.26. The first kappa shape index (κ1) is 20.1. The van der Waals surface area contributed by atoms with Crippen LogP contribution in [0.2, 0.25) is 5.02 Å². The van der Waals surface area contributed by atoms with E-state index in [2.05, 4.69) is 36.7 Å². The zero-order chi connectivity index (χ0) is 19.1. The van der Waals surface area contributed by atoms with Crippen molar-refractivity contribution in [1.82, 2.24) is 4.98 Å². The molecule has 0 saturated heterocycles. The standard InChI is InChI=1S/C22H27ClN2O/c1-5-16-13-18(23)14-21(26-4)20(16)11-9-7-8-10-17-12-15(3)25-22(24)19(17)6-2/h5,7,9,12-14H,1,6,8,10-11H2,2-4H3,(H2,24,25)/b9-7+. The van der Waals surface area contributed by atoms with E-state index in [1.165, 1.54) is 5.56 Å². The fourth-order valence-electron chi connectivity index (χ4n) is 3.20. The van der Waals surface area contributed by atoms with Gasteiger partial charge in [-0.15, -0.1) is 0 Å². The molecule has 1 aromatic carbocycles. The van der Waals surface area contributed by atoms with Gasteiger partial charge >= 0.3 is 0 Å². The van der Waals surface area contributed by atoms with Gasteiger partial charge in [-0.1, -0.05) is 43.3 Å². The summed E-state index contributed by atoms with van der Waals surface area (Å²) >= 11 is 6.12. The van der Waals surface area contributed by atoms with Crippen LogP contribution in [0.15, 0.2) is 36.9 Å². The molecule has 0 amide bonds. The van der Waals surface area contributed by atoms with Crippen LogP contribution in [0.1, 0.15) is 41.3 Å². The van der Waals surface area contributed by atoms with Crippen LogP contribution in [0.25, 0.3) is 6.08 Å². The Morgan fingerprint density at radius 1 is 1.23 bits per heavy atom. The maximum Gasteiger partial charge on any atom is 0.127 e. The van der Waals surface area contributed by atoms with Gasteiger partial charge in [0.2, 0.25) is 0 Å². The lowest BCUT2D eigenvalue weighted by atomic mass is 10.00. The van der Waals surface area contributed by atoms with Gasteiger partial charge < -0.3 is 10.5 Å². The monoisotopic (exact) mass is 370 g/mol. The molecule has 1 heterocycles. The molecule has 0 atom stereocenters. The quantitative estimate of drug-likeness (QED) is 0.618. The zero-order valence-electron chi connectivity index (χ0n) is 15.8. The Kier molecular flexibility index (Phi) is 7.28. The molecule has 2 rings (SSSR count). The lowest BCUT2D eigenvalue weighted by Crippen LogP contribution is -2.03. The van der Waals surface area contributed by atoms with Gasteiger partial charge in [0.25, 0.3) is 0 Å². The number of ether oxygens (including phenoxy) is 1. The zero-order valence-corrected chi connectivity index (χ0v) is 16.6. The number of benzene rings is 1. The van der Waals surface area contributed by atoms with E-state index in [9.17, 15) is 0 Å². The number of nitrogens with zero attached hydrogens (tertiary/aromatic N) is 1. The summed E-state index contributed by atoms with van der Waals surface area (Å²) in [6, 6.07) is 5.89. The van der Waals surface area contributed by atoms with Crippen LogP contribution in [0.5, 0.6) is 5.75 Å². The van der Waals surface area contributed by atoms with Crippen LogP contribution in [0.4, 0.5) is 5.82 Å². The Bertz CT molecular complexity index is 812. The maximum atomic E-state index is 6.12. The minimum Gasteiger partial charge on any atom is -0.496 e. The summed E-state index contributed by atoms with van der Waals surface area (Å²) in [5.74, 6) is 1.45. The van der Waals surface area contributed by atoms with Gasteiger partial charge in [-0.3, -0.25) is 0 Å². The summed E-state index contributed by atoms with van der Waals surface area (Å²) in [5, 5.41) is 0.655. The van der Waals surface area contributed by atoms with Gasteiger partial charge in [0.15, 0.2) is 0 Å². The smallest absolute Gasteiger partial charge is 0.127 e. The third kappa shape index (κ3) is 4.89. The molecule has 0 spiro atoms. The van der Waals surface area contributed by atoms with Crippen LogP contribution in [-0.4, -0.2) is 12.1 Å². The highest BCUT2D eigenvalue weighted by Gasteiger charge is 2.09. The number of nitrogens with two attached hydrogens (primary N) is 1. The Morgan fingerprint density at radius 3 is 2.65 bits per heavy atom. The second kappa shape index (κ2) is 9.44. The van der Waals surface area contributed by atoms with Crippen LogP contribution in [-0.2, 0) is 19.3 Å². The summed E-state index contributed by atoms with van der Waals surface area (Å²) in [6.45, 7) is 7.97. The third-order valence-electron chi connectivity index (χ3n) is 4.45. The largest absolute Gasteiger partial charge is 0.496 e. The lowest BCUT2D eigenvalue weighted by Gasteiger charge is -2.11.